The molecule has 1 atom stereocenters. The standard InChI is InChI=1S/C16H25NOS/c1-14-4-6-15(7-5-14)19-13-12-17-10-3-8-16(2,18)9-11-17/h4-7,18H,3,8-13H2,1-2H3. The molecule has 1 saturated heterocycles. The van der Waals surface area contributed by atoms with Crippen molar-refractivity contribution in [1.29, 1.82) is 0 Å². The molecule has 1 aliphatic rings. The van der Waals surface area contributed by atoms with Crippen molar-refractivity contribution in [2.24, 2.45) is 0 Å². The fraction of sp³-hybridized carbons (Fsp3) is 0.625. The van der Waals surface area contributed by atoms with Crippen LogP contribution in [0.5, 0.6) is 0 Å². The van der Waals surface area contributed by atoms with Crippen LogP contribution in [0.1, 0.15) is 31.7 Å². The summed E-state index contributed by atoms with van der Waals surface area (Å²) < 4.78 is 0. The van der Waals surface area contributed by atoms with Crippen LogP contribution in [-0.4, -0.2) is 41.0 Å². The van der Waals surface area contributed by atoms with Gasteiger partial charge < -0.3 is 10.0 Å². The van der Waals surface area contributed by atoms with Crippen molar-refractivity contribution < 1.29 is 5.11 Å². The quantitative estimate of drug-likeness (QED) is 0.855. The molecule has 2 nitrogen and oxygen atoms in total. The van der Waals surface area contributed by atoms with E-state index in [0.29, 0.717) is 0 Å². The van der Waals surface area contributed by atoms with Gasteiger partial charge in [0.1, 0.15) is 0 Å². The maximum Gasteiger partial charge on any atom is 0.0632 e. The van der Waals surface area contributed by atoms with Gasteiger partial charge in [-0.1, -0.05) is 17.7 Å². The molecule has 1 unspecified atom stereocenters. The van der Waals surface area contributed by atoms with Crippen molar-refractivity contribution in [3.8, 4) is 0 Å². The Bertz CT molecular complexity index is 388. The van der Waals surface area contributed by atoms with Crippen LogP contribution in [0, 0.1) is 6.92 Å². The van der Waals surface area contributed by atoms with Crippen molar-refractivity contribution >= 4 is 11.8 Å². The van der Waals surface area contributed by atoms with Crippen molar-refractivity contribution in [2.45, 2.75) is 43.6 Å². The van der Waals surface area contributed by atoms with Crippen molar-refractivity contribution in [1.82, 2.24) is 4.90 Å². The molecule has 0 amide bonds. The summed E-state index contributed by atoms with van der Waals surface area (Å²) in [6, 6.07) is 8.75. The smallest absolute Gasteiger partial charge is 0.0632 e. The molecule has 19 heavy (non-hydrogen) atoms. The van der Waals surface area contributed by atoms with E-state index in [-0.39, 0.29) is 0 Å². The van der Waals surface area contributed by atoms with Gasteiger partial charge in [0.2, 0.25) is 0 Å². The zero-order valence-electron chi connectivity index (χ0n) is 12.1. The highest BCUT2D eigenvalue weighted by atomic mass is 32.2. The predicted octanol–water partition coefficient (Wildman–Crippen LogP) is 3.32. The first-order valence-corrected chi connectivity index (χ1v) is 8.18. The molecule has 0 aliphatic carbocycles. The zero-order valence-corrected chi connectivity index (χ0v) is 12.9. The Hall–Kier alpha value is -0.510. The number of likely N-dealkylation sites (tertiary alicyclic amines) is 1. The summed E-state index contributed by atoms with van der Waals surface area (Å²) in [5.41, 5.74) is 0.873. The van der Waals surface area contributed by atoms with Crippen LogP contribution < -0.4 is 0 Å². The van der Waals surface area contributed by atoms with Gasteiger partial charge in [-0.2, -0.15) is 0 Å². The second kappa shape index (κ2) is 6.78. The molecule has 3 heteroatoms. The number of thioether (sulfide) groups is 1. The first-order valence-electron chi connectivity index (χ1n) is 7.19. The maximum absolute atomic E-state index is 10.1. The van der Waals surface area contributed by atoms with Crippen LogP contribution in [0.4, 0.5) is 0 Å². The van der Waals surface area contributed by atoms with Crippen LogP contribution in [0.3, 0.4) is 0 Å². The number of hydrogen-bond donors (Lipinski definition) is 1. The van der Waals surface area contributed by atoms with Crippen LogP contribution in [-0.2, 0) is 0 Å². The van der Waals surface area contributed by atoms with Crippen LogP contribution in [0.25, 0.3) is 0 Å². The minimum atomic E-state index is -0.446. The third-order valence-electron chi connectivity index (χ3n) is 3.85. The molecule has 1 fully saturated rings. The molecule has 1 N–H and O–H groups in total. The lowest BCUT2D eigenvalue weighted by Crippen LogP contribution is -2.29. The summed E-state index contributed by atoms with van der Waals surface area (Å²) >= 11 is 1.93. The lowest BCUT2D eigenvalue weighted by Gasteiger charge is -2.22. The van der Waals surface area contributed by atoms with E-state index >= 15 is 0 Å². The van der Waals surface area contributed by atoms with Gasteiger partial charge in [0, 0.05) is 23.7 Å². The molecule has 1 aliphatic heterocycles. The van der Waals surface area contributed by atoms with E-state index in [1.54, 1.807) is 0 Å². The van der Waals surface area contributed by atoms with E-state index in [1.807, 2.05) is 18.7 Å². The van der Waals surface area contributed by atoms with Crippen LogP contribution in [0.2, 0.25) is 0 Å². The van der Waals surface area contributed by atoms with Crippen molar-refractivity contribution in [2.75, 3.05) is 25.4 Å². The number of aliphatic hydroxyl groups is 1. The molecular formula is C16H25NOS. The molecule has 1 heterocycles. The highest BCUT2D eigenvalue weighted by molar-refractivity contribution is 7.99. The van der Waals surface area contributed by atoms with E-state index in [9.17, 15) is 5.11 Å². The highest BCUT2D eigenvalue weighted by Crippen LogP contribution is 2.22. The number of rotatable bonds is 4. The Kier molecular flexibility index (Phi) is 5.31. The summed E-state index contributed by atoms with van der Waals surface area (Å²) in [5.74, 6) is 1.13. The van der Waals surface area contributed by atoms with Crippen molar-refractivity contribution in [3.05, 3.63) is 29.8 Å². The van der Waals surface area contributed by atoms with E-state index in [2.05, 4.69) is 36.1 Å². The molecular weight excluding hydrogens is 254 g/mol. The summed E-state index contributed by atoms with van der Waals surface area (Å²) in [7, 11) is 0. The third kappa shape index (κ3) is 5.17. The Morgan fingerprint density at radius 3 is 2.68 bits per heavy atom. The number of nitrogens with zero attached hydrogens (tertiary/aromatic N) is 1. The van der Waals surface area contributed by atoms with Crippen LogP contribution in [0.15, 0.2) is 29.2 Å². The van der Waals surface area contributed by atoms with Crippen LogP contribution >= 0.6 is 11.8 Å². The first-order chi connectivity index (χ1) is 9.05. The fourth-order valence-corrected chi connectivity index (χ4v) is 3.38. The monoisotopic (exact) mass is 279 g/mol. The lowest BCUT2D eigenvalue weighted by molar-refractivity contribution is 0.0449. The molecule has 1 aromatic rings. The minimum absolute atomic E-state index is 0.446. The van der Waals surface area contributed by atoms with Gasteiger partial charge in [0.15, 0.2) is 0 Å². The molecule has 0 saturated carbocycles. The Morgan fingerprint density at radius 1 is 1.21 bits per heavy atom. The Balaban J connectivity index is 1.72. The molecule has 2 rings (SSSR count). The average Bonchev–Trinajstić information content (AvgIpc) is 2.53. The van der Waals surface area contributed by atoms with Gasteiger partial charge in [-0.15, -0.1) is 11.8 Å². The zero-order chi connectivity index (χ0) is 13.7. The summed E-state index contributed by atoms with van der Waals surface area (Å²) in [6.07, 6.45) is 2.96. The Morgan fingerprint density at radius 2 is 1.95 bits per heavy atom. The number of aryl methyl sites for hydroxylation is 1. The molecule has 1 aromatic carbocycles. The van der Waals surface area contributed by atoms with E-state index in [4.69, 9.17) is 0 Å². The molecule has 0 spiro atoms. The van der Waals surface area contributed by atoms with Gasteiger partial charge in [0.05, 0.1) is 5.60 Å². The molecule has 0 bridgehead atoms. The minimum Gasteiger partial charge on any atom is -0.390 e. The van der Waals surface area contributed by atoms with Crippen molar-refractivity contribution in [3.63, 3.8) is 0 Å². The lowest BCUT2D eigenvalue weighted by atomic mass is 9.98. The first kappa shape index (κ1) is 14.9. The molecule has 106 valence electrons. The second-order valence-electron chi connectivity index (χ2n) is 5.85. The molecule has 0 radical (unpaired) electrons. The molecule has 0 aromatic heterocycles. The number of benzene rings is 1. The highest BCUT2D eigenvalue weighted by Gasteiger charge is 2.24. The SMILES string of the molecule is Cc1ccc(SCCN2CCCC(C)(O)CC2)cc1. The normalized spacial score (nSPS) is 25.2. The Labute approximate surface area is 121 Å². The topological polar surface area (TPSA) is 23.5 Å². The fourth-order valence-electron chi connectivity index (χ4n) is 2.47. The average molecular weight is 279 g/mol. The summed E-state index contributed by atoms with van der Waals surface area (Å²) in [6.45, 7) is 7.37. The predicted molar refractivity (Wildman–Crippen MR) is 82.8 cm³/mol. The van der Waals surface area contributed by atoms with Gasteiger partial charge in [-0.3, -0.25) is 0 Å². The summed E-state index contributed by atoms with van der Waals surface area (Å²) in [4.78, 5) is 3.84. The van der Waals surface area contributed by atoms with E-state index < -0.39 is 5.60 Å². The van der Waals surface area contributed by atoms with Gasteiger partial charge in [-0.05, 0) is 51.8 Å². The third-order valence-corrected chi connectivity index (χ3v) is 4.85. The number of hydrogen-bond acceptors (Lipinski definition) is 3. The maximum atomic E-state index is 10.1. The van der Waals surface area contributed by atoms with Gasteiger partial charge in [0.25, 0.3) is 0 Å². The van der Waals surface area contributed by atoms with E-state index in [0.717, 1.165) is 44.6 Å². The second-order valence-corrected chi connectivity index (χ2v) is 7.02. The van der Waals surface area contributed by atoms with E-state index in [1.165, 1.54) is 10.5 Å². The van der Waals surface area contributed by atoms with Gasteiger partial charge >= 0.3 is 0 Å². The largest absolute Gasteiger partial charge is 0.390 e. The van der Waals surface area contributed by atoms with Gasteiger partial charge in [-0.25, -0.2) is 0 Å². The summed E-state index contributed by atoms with van der Waals surface area (Å²) in [5, 5.41) is 10.1.